The first-order chi connectivity index (χ1) is 9.52. The molecular weight excluding hydrogens is 254 g/mol. The van der Waals surface area contributed by atoms with Crippen molar-refractivity contribution in [1.82, 2.24) is 4.90 Å². The predicted molar refractivity (Wildman–Crippen MR) is 77.1 cm³/mol. The van der Waals surface area contributed by atoms with E-state index in [1.807, 2.05) is 11.8 Å². The standard InChI is InChI=1S/C16H21NO3/c1-3-14-6-4-5-7-17(14)15(18)12-8-11(2)9-13(10-12)16(19)20/h8-10,14H,3-7H2,1-2H3,(H,19,20). The molecule has 0 saturated carbocycles. The maximum atomic E-state index is 12.6. The van der Waals surface area contributed by atoms with Crippen LogP contribution in [-0.4, -0.2) is 34.5 Å². The molecular formula is C16H21NO3. The van der Waals surface area contributed by atoms with Gasteiger partial charge in [-0.1, -0.05) is 6.92 Å². The normalized spacial score (nSPS) is 18.9. The molecule has 1 aliphatic rings. The van der Waals surface area contributed by atoms with Crippen molar-refractivity contribution in [2.45, 2.75) is 45.6 Å². The number of carbonyl (C=O) groups excluding carboxylic acids is 1. The minimum atomic E-state index is -0.992. The molecule has 1 fully saturated rings. The second-order valence-electron chi connectivity index (χ2n) is 5.45. The zero-order valence-corrected chi connectivity index (χ0v) is 12.1. The van der Waals surface area contributed by atoms with Crippen molar-refractivity contribution in [2.75, 3.05) is 6.54 Å². The van der Waals surface area contributed by atoms with Crippen LogP contribution in [0.2, 0.25) is 0 Å². The minimum absolute atomic E-state index is 0.0391. The Kier molecular flexibility index (Phi) is 4.42. The molecule has 1 amide bonds. The summed E-state index contributed by atoms with van der Waals surface area (Å²) in [6, 6.07) is 5.13. The predicted octanol–water partition coefficient (Wildman–Crippen LogP) is 3.10. The number of benzene rings is 1. The molecule has 1 unspecified atom stereocenters. The molecule has 1 N–H and O–H groups in total. The van der Waals surface area contributed by atoms with E-state index in [0.29, 0.717) is 5.56 Å². The van der Waals surface area contributed by atoms with Crippen LogP contribution in [-0.2, 0) is 0 Å². The molecule has 108 valence electrons. The van der Waals surface area contributed by atoms with Crippen molar-refractivity contribution in [2.24, 2.45) is 0 Å². The number of aryl methyl sites for hydroxylation is 1. The third-order valence-electron chi connectivity index (χ3n) is 3.93. The van der Waals surface area contributed by atoms with Crippen LogP contribution in [0.15, 0.2) is 18.2 Å². The molecule has 1 aliphatic heterocycles. The quantitative estimate of drug-likeness (QED) is 0.922. The topological polar surface area (TPSA) is 57.6 Å². The molecule has 0 bridgehead atoms. The van der Waals surface area contributed by atoms with Crippen LogP contribution >= 0.6 is 0 Å². The van der Waals surface area contributed by atoms with Crippen molar-refractivity contribution in [3.8, 4) is 0 Å². The van der Waals surface area contributed by atoms with E-state index >= 15 is 0 Å². The van der Waals surface area contributed by atoms with Gasteiger partial charge in [0, 0.05) is 18.2 Å². The van der Waals surface area contributed by atoms with Gasteiger partial charge in [0.05, 0.1) is 5.56 Å². The molecule has 0 radical (unpaired) electrons. The van der Waals surface area contributed by atoms with Gasteiger partial charge < -0.3 is 10.0 Å². The van der Waals surface area contributed by atoms with E-state index in [1.54, 1.807) is 12.1 Å². The number of hydrogen-bond donors (Lipinski definition) is 1. The van der Waals surface area contributed by atoms with E-state index in [-0.39, 0.29) is 17.5 Å². The Balaban J connectivity index is 2.30. The minimum Gasteiger partial charge on any atom is -0.478 e. The summed E-state index contributed by atoms with van der Waals surface area (Å²) >= 11 is 0. The molecule has 20 heavy (non-hydrogen) atoms. The Morgan fingerprint density at radius 2 is 1.95 bits per heavy atom. The van der Waals surface area contributed by atoms with Crippen LogP contribution in [0.25, 0.3) is 0 Å². The van der Waals surface area contributed by atoms with Crippen LogP contribution < -0.4 is 0 Å². The Bertz CT molecular complexity index is 524. The number of amides is 1. The van der Waals surface area contributed by atoms with Crippen molar-refractivity contribution in [3.63, 3.8) is 0 Å². The molecule has 1 atom stereocenters. The van der Waals surface area contributed by atoms with E-state index in [9.17, 15) is 9.59 Å². The fourth-order valence-electron chi connectivity index (χ4n) is 2.89. The monoisotopic (exact) mass is 275 g/mol. The highest BCUT2D eigenvalue weighted by Crippen LogP contribution is 2.22. The van der Waals surface area contributed by atoms with Gasteiger partial charge in [-0.15, -0.1) is 0 Å². The summed E-state index contributed by atoms with van der Waals surface area (Å²) in [5, 5.41) is 9.10. The smallest absolute Gasteiger partial charge is 0.335 e. The van der Waals surface area contributed by atoms with E-state index in [0.717, 1.165) is 37.8 Å². The molecule has 1 saturated heterocycles. The second kappa shape index (κ2) is 6.07. The molecule has 0 spiro atoms. The first kappa shape index (κ1) is 14.6. The highest BCUT2D eigenvalue weighted by atomic mass is 16.4. The Labute approximate surface area is 119 Å². The zero-order chi connectivity index (χ0) is 14.7. The van der Waals surface area contributed by atoms with Crippen molar-refractivity contribution in [1.29, 1.82) is 0 Å². The van der Waals surface area contributed by atoms with Gasteiger partial charge >= 0.3 is 5.97 Å². The van der Waals surface area contributed by atoms with Gasteiger partial charge in [-0.2, -0.15) is 0 Å². The van der Waals surface area contributed by atoms with Gasteiger partial charge in [-0.3, -0.25) is 4.79 Å². The summed E-state index contributed by atoms with van der Waals surface area (Å²) in [6.45, 7) is 4.68. The number of rotatable bonds is 3. The van der Waals surface area contributed by atoms with Crippen LogP contribution in [0, 0.1) is 6.92 Å². The SMILES string of the molecule is CCC1CCCCN1C(=O)c1cc(C)cc(C(=O)O)c1. The molecule has 4 heteroatoms. The van der Waals surface area contributed by atoms with Crippen LogP contribution in [0.5, 0.6) is 0 Å². The van der Waals surface area contributed by atoms with Crippen molar-refractivity contribution >= 4 is 11.9 Å². The third kappa shape index (κ3) is 3.00. The summed E-state index contributed by atoms with van der Waals surface area (Å²) < 4.78 is 0. The Morgan fingerprint density at radius 3 is 2.60 bits per heavy atom. The number of piperidine rings is 1. The second-order valence-corrected chi connectivity index (χ2v) is 5.45. The van der Waals surface area contributed by atoms with Crippen molar-refractivity contribution < 1.29 is 14.7 Å². The lowest BCUT2D eigenvalue weighted by molar-refractivity contribution is 0.0608. The van der Waals surface area contributed by atoms with Gasteiger partial charge in [0.2, 0.25) is 0 Å². The summed E-state index contributed by atoms with van der Waals surface area (Å²) in [5.74, 6) is -1.03. The Morgan fingerprint density at radius 1 is 1.25 bits per heavy atom. The number of likely N-dealkylation sites (tertiary alicyclic amines) is 1. The maximum Gasteiger partial charge on any atom is 0.335 e. The zero-order valence-electron chi connectivity index (χ0n) is 12.1. The summed E-state index contributed by atoms with van der Waals surface area (Å²) in [4.78, 5) is 25.6. The lowest BCUT2D eigenvalue weighted by Gasteiger charge is -2.35. The lowest BCUT2D eigenvalue weighted by Crippen LogP contribution is -2.43. The van der Waals surface area contributed by atoms with Gasteiger partial charge in [0.1, 0.15) is 0 Å². The first-order valence-electron chi connectivity index (χ1n) is 7.19. The van der Waals surface area contributed by atoms with Crippen LogP contribution in [0.1, 0.15) is 58.9 Å². The number of carboxylic acid groups (broad SMARTS) is 1. The molecule has 2 rings (SSSR count). The highest BCUT2D eigenvalue weighted by molar-refractivity contribution is 5.98. The largest absolute Gasteiger partial charge is 0.478 e. The fourth-order valence-corrected chi connectivity index (χ4v) is 2.89. The van der Waals surface area contributed by atoms with E-state index in [1.165, 1.54) is 6.07 Å². The third-order valence-corrected chi connectivity index (χ3v) is 3.93. The van der Waals surface area contributed by atoms with Gasteiger partial charge in [-0.05, 0) is 56.4 Å². The summed E-state index contributed by atoms with van der Waals surface area (Å²) in [6.07, 6.45) is 4.18. The van der Waals surface area contributed by atoms with Crippen LogP contribution in [0.4, 0.5) is 0 Å². The van der Waals surface area contributed by atoms with E-state index in [4.69, 9.17) is 5.11 Å². The average molecular weight is 275 g/mol. The average Bonchev–Trinajstić information content (AvgIpc) is 2.45. The number of aromatic carboxylic acids is 1. The number of carbonyl (C=O) groups is 2. The Hall–Kier alpha value is -1.84. The lowest BCUT2D eigenvalue weighted by atomic mass is 9.98. The molecule has 1 aromatic rings. The number of nitrogens with zero attached hydrogens (tertiary/aromatic N) is 1. The molecule has 1 aromatic carbocycles. The number of hydrogen-bond acceptors (Lipinski definition) is 2. The first-order valence-corrected chi connectivity index (χ1v) is 7.19. The molecule has 0 aromatic heterocycles. The molecule has 0 aliphatic carbocycles. The molecule has 4 nitrogen and oxygen atoms in total. The van der Waals surface area contributed by atoms with Gasteiger partial charge in [-0.25, -0.2) is 4.79 Å². The summed E-state index contributed by atoms with van der Waals surface area (Å²) in [7, 11) is 0. The molecule has 1 heterocycles. The fraction of sp³-hybridized carbons (Fsp3) is 0.500. The summed E-state index contributed by atoms with van der Waals surface area (Å²) in [5.41, 5.74) is 1.47. The van der Waals surface area contributed by atoms with E-state index < -0.39 is 5.97 Å². The van der Waals surface area contributed by atoms with Crippen LogP contribution in [0.3, 0.4) is 0 Å². The van der Waals surface area contributed by atoms with Gasteiger partial charge in [0.25, 0.3) is 5.91 Å². The highest BCUT2D eigenvalue weighted by Gasteiger charge is 2.26. The van der Waals surface area contributed by atoms with E-state index in [2.05, 4.69) is 6.92 Å². The van der Waals surface area contributed by atoms with Gasteiger partial charge in [0.15, 0.2) is 0 Å². The van der Waals surface area contributed by atoms with Crippen molar-refractivity contribution in [3.05, 3.63) is 34.9 Å². The number of carboxylic acids is 1. The maximum absolute atomic E-state index is 12.6.